The van der Waals surface area contributed by atoms with Crippen LogP contribution in [-0.2, 0) is 0 Å². The summed E-state index contributed by atoms with van der Waals surface area (Å²) >= 11 is 0. The average Bonchev–Trinajstić information content (AvgIpc) is 2.47. The molecule has 0 saturated carbocycles. The maximum Gasteiger partial charge on any atom is 0.0105 e. The summed E-state index contributed by atoms with van der Waals surface area (Å²) in [6.45, 7) is 9.09. The molecular formula is C10H22N2. The largest absolute Gasteiger partial charge is 0.314 e. The van der Waals surface area contributed by atoms with E-state index in [-0.39, 0.29) is 0 Å². The lowest BCUT2D eigenvalue weighted by molar-refractivity contribution is 0.395. The molecule has 0 aromatic carbocycles. The van der Waals surface area contributed by atoms with E-state index in [1.54, 1.807) is 0 Å². The van der Waals surface area contributed by atoms with E-state index in [2.05, 4.69) is 31.4 Å². The molecule has 2 atom stereocenters. The van der Waals surface area contributed by atoms with Crippen molar-refractivity contribution in [3.05, 3.63) is 0 Å². The minimum Gasteiger partial charge on any atom is -0.314 e. The van der Waals surface area contributed by atoms with Gasteiger partial charge in [-0.3, -0.25) is 0 Å². The third kappa shape index (κ3) is 2.76. The lowest BCUT2D eigenvalue weighted by Gasteiger charge is -2.19. The van der Waals surface area contributed by atoms with E-state index >= 15 is 0 Å². The topological polar surface area (TPSA) is 24.1 Å². The first-order valence-corrected chi connectivity index (χ1v) is 5.20. The highest BCUT2D eigenvalue weighted by molar-refractivity contribution is 4.84. The van der Waals surface area contributed by atoms with Crippen LogP contribution in [0.15, 0.2) is 0 Å². The van der Waals surface area contributed by atoms with Crippen molar-refractivity contribution in [2.24, 2.45) is 5.92 Å². The van der Waals surface area contributed by atoms with Gasteiger partial charge >= 0.3 is 0 Å². The summed E-state index contributed by atoms with van der Waals surface area (Å²) in [5.41, 5.74) is 0. The van der Waals surface area contributed by atoms with Gasteiger partial charge in [0, 0.05) is 12.1 Å². The summed E-state index contributed by atoms with van der Waals surface area (Å²) in [5, 5.41) is 7.05. The summed E-state index contributed by atoms with van der Waals surface area (Å²) in [6, 6.07) is 1.39. The van der Waals surface area contributed by atoms with Gasteiger partial charge in [0.15, 0.2) is 0 Å². The van der Waals surface area contributed by atoms with E-state index in [0.717, 1.165) is 12.0 Å². The van der Waals surface area contributed by atoms with E-state index < -0.39 is 0 Å². The number of hydrogen-bond donors (Lipinski definition) is 2. The van der Waals surface area contributed by atoms with Gasteiger partial charge in [0.05, 0.1) is 0 Å². The number of rotatable bonds is 4. The van der Waals surface area contributed by atoms with E-state index in [0.29, 0.717) is 6.04 Å². The van der Waals surface area contributed by atoms with Crippen LogP contribution in [-0.4, -0.2) is 25.2 Å². The molecule has 0 radical (unpaired) electrons. The molecule has 1 aliphatic rings. The lowest BCUT2D eigenvalue weighted by Crippen LogP contribution is -2.35. The van der Waals surface area contributed by atoms with Gasteiger partial charge in [0.25, 0.3) is 0 Å². The van der Waals surface area contributed by atoms with E-state index in [1.807, 2.05) is 0 Å². The fourth-order valence-electron chi connectivity index (χ4n) is 1.93. The molecule has 2 unspecified atom stereocenters. The van der Waals surface area contributed by atoms with Gasteiger partial charge in [-0.2, -0.15) is 0 Å². The summed E-state index contributed by atoms with van der Waals surface area (Å²) in [7, 11) is 0. The predicted octanol–water partition coefficient (Wildman–Crippen LogP) is 1.37. The standard InChI is InChI=1S/C10H22N2/c1-4-10-9(5-6-11-10)7-12-8(2)3/h8-12H,4-7H2,1-3H3. The first-order chi connectivity index (χ1) is 5.74. The van der Waals surface area contributed by atoms with Crippen molar-refractivity contribution >= 4 is 0 Å². The molecule has 0 spiro atoms. The summed E-state index contributed by atoms with van der Waals surface area (Å²) in [6.07, 6.45) is 2.61. The summed E-state index contributed by atoms with van der Waals surface area (Å²) in [5.74, 6) is 0.859. The van der Waals surface area contributed by atoms with Crippen LogP contribution in [0, 0.1) is 5.92 Å². The van der Waals surface area contributed by atoms with Gasteiger partial charge in [-0.25, -0.2) is 0 Å². The van der Waals surface area contributed by atoms with Gasteiger partial charge < -0.3 is 10.6 Å². The molecule has 0 amide bonds. The Balaban J connectivity index is 2.21. The molecule has 1 aliphatic heterocycles. The molecule has 2 N–H and O–H groups in total. The van der Waals surface area contributed by atoms with Crippen LogP contribution in [0.1, 0.15) is 33.6 Å². The van der Waals surface area contributed by atoms with Gasteiger partial charge in [0.2, 0.25) is 0 Å². The van der Waals surface area contributed by atoms with E-state index in [4.69, 9.17) is 0 Å². The van der Waals surface area contributed by atoms with Crippen LogP contribution in [0.4, 0.5) is 0 Å². The van der Waals surface area contributed by atoms with E-state index in [1.165, 1.54) is 25.9 Å². The Morgan fingerprint density at radius 2 is 2.25 bits per heavy atom. The van der Waals surface area contributed by atoms with Crippen molar-refractivity contribution in [3.8, 4) is 0 Å². The SMILES string of the molecule is CCC1NCCC1CNC(C)C. The zero-order valence-electron chi connectivity index (χ0n) is 8.56. The van der Waals surface area contributed by atoms with Crippen LogP contribution in [0.5, 0.6) is 0 Å². The quantitative estimate of drug-likeness (QED) is 0.666. The first-order valence-electron chi connectivity index (χ1n) is 5.20. The Morgan fingerprint density at radius 1 is 1.50 bits per heavy atom. The molecule has 0 aliphatic carbocycles. The maximum atomic E-state index is 3.54. The minimum absolute atomic E-state index is 0.628. The normalized spacial score (nSPS) is 30.0. The average molecular weight is 170 g/mol. The molecule has 1 rings (SSSR count). The Hall–Kier alpha value is -0.0800. The summed E-state index contributed by atoms with van der Waals surface area (Å²) in [4.78, 5) is 0. The lowest BCUT2D eigenvalue weighted by atomic mass is 9.98. The zero-order chi connectivity index (χ0) is 8.97. The third-order valence-corrected chi connectivity index (χ3v) is 2.72. The van der Waals surface area contributed by atoms with Crippen LogP contribution in [0.3, 0.4) is 0 Å². The fourth-order valence-corrected chi connectivity index (χ4v) is 1.93. The second-order valence-electron chi connectivity index (χ2n) is 4.08. The Kier molecular flexibility index (Phi) is 4.02. The van der Waals surface area contributed by atoms with Gasteiger partial charge in [-0.05, 0) is 31.8 Å². The predicted molar refractivity (Wildman–Crippen MR) is 53.3 cm³/mol. The molecule has 1 saturated heterocycles. The molecule has 72 valence electrons. The van der Waals surface area contributed by atoms with Crippen molar-refractivity contribution < 1.29 is 0 Å². The highest BCUT2D eigenvalue weighted by Crippen LogP contribution is 2.16. The fraction of sp³-hybridized carbons (Fsp3) is 1.00. The molecule has 0 aromatic heterocycles. The van der Waals surface area contributed by atoms with Crippen molar-refractivity contribution in [3.63, 3.8) is 0 Å². The molecule has 12 heavy (non-hydrogen) atoms. The third-order valence-electron chi connectivity index (χ3n) is 2.72. The highest BCUT2D eigenvalue weighted by Gasteiger charge is 2.24. The second kappa shape index (κ2) is 4.83. The Labute approximate surface area is 76.1 Å². The smallest absolute Gasteiger partial charge is 0.0105 e. The molecule has 2 nitrogen and oxygen atoms in total. The van der Waals surface area contributed by atoms with Gasteiger partial charge in [-0.15, -0.1) is 0 Å². The molecule has 1 fully saturated rings. The monoisotopic (exact) mass is 170 g/mol. The summed E-state index contributed by atoms with van der Waals surface area (Å²) < 4.78 is 0. The molecule has 1 heterocycles. The molecule has 0 aromatic rings. The minimum atomic E-state index is 0.628. The van der Waals surface area contributed by atoms with Crippen LogP contribution in [0.25, 0.3) is 0 Å². The van der Waals surface area contributed by atoms with Crippen molar-refractivity contribution in [2.75, 3.05) is 13.1 Å². The van der Waals surface area contributed by atoms with Crippen molar-refractivity contribution in [1.29, 1.82) is 0 Å². The zero-order valence-corrected chi connectivity index (χ0v) is 8.56. The van der Waals surface area contributed by atoms with E-state index in [9.17, 15) is 0 Å². The molecular weight excluding hydrogens is 148 g/mol. The van der Waals surface area contributed by atoms with Crippen LogP contribution in [0.2, 0.25) is 0 Å². The van der Waals surface area contributed by atoms with Crippen molar-refractivity contribution in [1.82, 2.24) is 10.6 Å². The molecule has 2 heteroatoms. The van der Waals surface area contributed by atoms with Crippen LogP contribution >= 0.6 is 0 Å². The Morgan fingerprint density at radius 3 is 2.83 bits per heavy atom. The van der Waals surface area contributed by atoms with Crippen molar-refractivity contribution in [2.45, 2.75) is 45.7 Å². The number of nitrogens with one attached hydrogen (secondary N) is 2. The number of hydrogen-bond acceptors (Lipinski definition) is 2. The maximum absolute atomic E-state index is 3.54. The van der Waals surface area contributed by atoms with Crippen LogP contribution < -0.4 is 10.6 Å². The molecule has 0 bridgehead atoms. The van der Waals surface area contributed by atoms with Gasteiger partial charge in [-0.1, -0.05) is 20.8 Å². The first kappa shape index (κ1) is 10.0. The van der Waals surface area contributed by atoms with Gasteiger partial charge in [0.1, 0.15) is 0 Å². The highest BCUT2D eigenvalue weighted by atomic mass is 15.0. The Bertz CT molecular complexity index is 123. The second-order valence-corrected chi connectivity index (χ2v) is 4.08.